The Bertz CT molecular complexity index is 1290. The van der Waals surface area contributed by atoms with Gasteiger partial charge >= 0.3 is 0 Å². The molecule has 2 aromatic carbocycles. The highest BCUT2D eigenvalue weighted by molar-refractivity contribution is 5.95. The molecular weight excluding hydrogens is 420 g/mol. The number of morpholine rings is 1. The fourth-order valence-electron chi connectivity index (χ4n) is 4.44. The van der Waals surface area contributed by atoms with Crippen LogP contribution in [0.2, 0.25) is 0 Å². The fourth-order valence-corrected chi connectivity index (χ4v) is 4.44. The van der Waals surface area contributed by atoms with E-state index in [2.05, 4.69) is 10.2 Å². The summed E-state index contributed by atoms with van der Waals surface area (Å²) < 4.78 is 17.0. The molecule has 5 rings (SSSR count). The normalized spacial score (nSPS) is 17.3. The Kier molecular flexibility index (Phi) is 5.98. The average Bonchev–Trinajstić information content (AvgIpc) is 3.22. The fraction of sp³-hybridized carbons (Fsp3) is 0.308. The molecule has 1 aliphatic carbocycles. The van der Waals surface area contributed by atoms with Gasteiger partial charge in [-0.2, -0.15) is 0 Å². The lowest BCUT2D eigenvalue weighted by Gasteiger charge is -2.25. The monoisotopic (exact) mass is 446 g/mol. The van der Waals surface area contributed by atoms with Crippen molar-refractivity contribution in [1.82, 2.24) is 4.90 Å². The number of para-hydroxylation sites is 1. The topological polar surface area (TPSA) is 81.0 Å². The average molecular weight is 447 g/mol. The molecule has 1 aromatic heterocycles. The van der Waals surface area contributed by atoms with Crippen LogP contribution in [0.4, 0.5) is 5.69 Å². The summed E-state index contributed by atoms with van der Waals surface area (Å²) in [6, 6.07) is 13.0. The van der Waals surface area contributed by atoms with E-state index in [1.807, 2.05) is 30.3 Å². The van der Waals surface area contributed by atoms with Crippen molar-refractivity contribution in [3.05, 3.63) is 69.6 Å². The molecule has 1 amide bonds. The predicted octanol–water partition coefficient (Wildman–Crippen LogP) is 3.56. The summed E-state index contributed by atoms with van der Waals surface area (Å²) in [6.07, 6.45) is 3.39. The zero-order valence-corrected chi connectivity index (χ0v) is 18.6. The van der Waals surface area contributed by atoms with E-state index < -0.39 is 0 Å². The Hall–Kier alpha value is -3.42. The molecule has 2 aliphatic rings. The van der Waals surface area contributed by atoms with E-state index in [0.29, 0.717) is 54.2 Å². The van der Waals surface area contributed by atoms with Gasteiger partial charge in [0.25, 0.3) is 0 Å². The van der Waals surface area contributed by atoms with Gasteiger partial charge < -0.3 is 19.2 Å². The first-order valence-corrected chi connectivity index (χ1v) is 11.2. The molecule has 1 N–H and O–H groups in total. The number of allylic oxidation sites excluding steroid dienone is 1. The van der Waals surface area contributed by atoms with Crippen LogP contribution in [0, 0.1) is 0 Å². The Morgan fingerprint density at radius 1 is 1.15 bits per heavy atom. The minimum absolute atomic E-state index is 0.0131. The summed E-state index contributed by atoms with van der Waals surface area (Å²) in [5.74, 6) is 1.29. The smallest absolute Gasteiger partial charge is 0.238 e. The highest BCUT2D eigenvalue weighted by Gasteiger charge is 2.24. The van der Waals surface area contributed by atoms with Gasteiger partial charge in [0, 0.05) is 36.0 Å². The number of methoxy groups -OCH3 is 1. The van der Waals surface area contributed by atoms with Gasteiger partial charge in [-0.3, -0.25) is 14.5 Å². The van der Waals surface area contributed by atoms with E-state index in [0.717, 1.165) is 36.4 Å². The third-order valence-electron chi connectivity index (χ3n) is 6.15. The van der Waals surface area contributed by atoms with Crippen molar-refractivity contribution in [2.45, 2.75) is 12.8 Å². The molecule has 1 aliphatic heterocycles. The number of rotatable bonds is 5. The molecule has 0 atom stereocenters. The van der Waals surface area contributed by atoms with Crippen LogP contribution in [0.1, 0.15) is 23.3 Å². The molecule has 0 saturated carbocycles. The quantitative estimate of drug-likeness (QED) is 0.646. The minimum Gasteiger partial charge on any atom is -0.496 e. The first-order chi connectivity index (χ1) is 16.1. The van der Waals surface area contributed by atoms with Gasteiger partial charge in [0.05, 0.1) is 32.3 Å². The largest absolute Gasteiger partial charge is 0.496 e. The lowest BCUT2D eigenvalue weighted by molar-refractivity contribution is -0.118. The first-order valence-electron chi connectivity index (χ1n) is 11.2. The first kappa shape index (κ1) is 21.4. The summed E-state index contributed by atoms with van der Waals surface area (Å²) in [4.78, 5) is 27.7. The Morgan fingerprint density at radius 3 is 2.79 bits per heavy atom. The third-order valence-corrected chi connectivity index (χ3v) is 6.15. The van der Waals surface area contributed by atoms with Crippen molar-refractivity contribution in [3.8, 4) is 5.75 Å². The van der Waals surface area contributed by atoms with Gasteiger partial charge in [0.15, 0.2) is 5.43 Å². The molecule has 33 heavy (non-hydrogen) atoms. The predicted molar refractivity (Wildman–Crippen MR) is 128 cm³/mol. The highest BCUT2D eigenvalue weighted by atomic mass is 16.5. The number of carbonyl (C=O) groups is 1. The number of fused-ring (bicyclic) bond motifs is 2. The molecule has 170 valence electrons. The maximum absolute atomic E-state index is 13.1. The van der Waals surface area contributed by atoms with Gasteiger partial charge in [-0.25, -0.2) is 0 Å². The standard InChI is InChI=1S/C26H26N2O5/c1-31-22-5-3-2-4-17(22)14-18-6-8-21-25(30)20-9-7-19(15-23(20)33-26(18)21)27-24(29)16-28-10-12-32-13-11-28/h2-5,7,9,14-15H,6,8,10-13,16H2,1H3,(H,27,29). The molecule has 0 bridgehead atoms. The van der Waals surface area contributed by atoms with Crippen molar-refractivity contribution in [3.63, 3.8) is 0 Å². The minimum atomic E-state index is -0.100. The van der Waals surface area contributed by atoms with E-state index in [-0.39, 0.29) is 11.3 Å². The van der Waals surface area contributed by atoms with Crippen LogP contribution < -0.4 is 15.5 Å². The van der Waals surface area contributed by atoms with Crippen molar-refractivity contribution in [2.24, 2.45) is 0 Å². The Balaban J connectivity index is 1.44. The summed E-state index contributed by atoms with van der Waals surface area (Å²) in [5, 5.41) is 3.45. The van der Waals surface area contributed by atoms with E-state index in [9.17, 15) is 9.59 Å². The zero-order chi connectivity index (χ0) is 22.8. The number of hydrogen-bond acceptors (Lipinski definition) is 6. The lowest BCUT2D eigenvalue weighted by atomic mass is 10.1. The number of nitrogens with zero attached hydrogens (tertiary/aromatic N) is 1. The van der Waals surface area contributed by atoms with Crippen molar-refractivity contribution >= 4 is 34.2 Å². The van der Waals surface area contributed by atoms with Gasteiger partial charge in [-0.05, 0) is 42.7 Å². The molecule has 0 spiro atoms. The number of benzene rings is 2. The van der Waals surface area contributed by atoms with Crippen LogP contribution in [-0.4, -0.2) is 50.8 Å². The second-order valence-electron chi connectivity index (χ2n) is 8.30. The van der Waals surface area contributed by atoms with Crippen molar-refractivity contribution in [1.29, 1.82) is 0 Å². The molecule has 0 unspecified atom stereocenters. The molecule has 1 fully saturated rings. The van der Waals surface area contributed by atoms with Crippen LogP contribution in [0.5, 0.6) is 5.75 Å². The summed E-state index contributed by atoms with van der Waals surface area (Å²) in [5.41, 5.74) is 3.67. The number of ether oxygens (including phenoxy) is 2. The molecule has 3 aromatic rings. The number of hydrogen-bond donors (Lipinski definition) is 1. The van der Waals surface area contributed by atoms with Crippen molar-refractivity contribution < 1.29 is 18.7 Å². The molecule has 7 heteroatoms. The van der Waals surface area contributed by atoms with E-state index in [1.165, 1.54) is 0 Å². The molecule has 2 heterocycles. The summed E-state index contributed by atoms with van der Waals surface area (Å²) >= 11 is 0. The molecule has 7 nitrogen and oxygen atoms in total. The van der Waals surface area contributed by atoms with Crippen molar-refractivity contribution in [2.75, 3.05) is 45.3 Å². The van der Waals surface area contributed by atoms with E-state index >= 15 is 0 Å². The van der Waals surface area contributed by atoms with E-state index in [1.54, 1.807) is 25.3 Å². The van der Waals surface area contributed by atoms with Gasteiger partial charge in [-0.15, -0.1) is 0 Å². The summed E-state index contributed by atoms with van der Waals surface area (Å²) in [7, 11) is 1.64. The Labute approximate surface area is 191 Å². The summed E-state index contributed by atoms with van der Waals surface area (Å²) in [6.45, 7) is 3.08. The maximum Gasteiger partial charge on any atom is 0.238 e. The van der Waals surface area contributed by atoms with Crippen LogP contribution >= 0.6 is 0 Å². The second kappa shape index (κ2) is 9.21. The number of amides is 1. The lowest BCUT2D eigenvalue weighted by Crippen LogP contribution is -2.41. The SMILES string of the molecule is COc1ccccc1C=C1CCc2c1oc1cc(NC(=O)CN3CCOCC3)ccc1c2=O. The van der Waals surface area contributed by atoms with Gasteiger partial charge in [-0.1, -0.05) is 18.2 Å². The van der Waals surface area contributed by atoms with Crippen LogP contribution in [-0.2, 0) is 16.0 Å². The van der Waals surface area contributed by atoms with Gasteiger partial charge in [0.2, 0.25) is 5.91 Å². The molecule has 0 radical (unpaired) electrons. The number of carbonyl (C=O) groups excluding carboxylic acids is 1. The van der Waals surface area contributed by atoms with E-state index in [4.69, 9.17) is 13.9 Å². The second-order valence-corrected chi connectivity index (χ2v) is 8.30. The molecular formula is C26H26N2O5. The van der Waals surface area contributed by atoms with Crippen LogP contribution in [0.3, 0.4) is 0 Å². The van der Waals surface area contributed by atoms with Crippen LogP contribution in [0.15, 0.2) is 51.7 Å². The number of anilines is 1. The van der Waals surface area contributed by atoms with Gasteiger partial charge in [0.1, 0.15) is 17.1 Å². The Morgan fingerprint density at radius 2 is 1.97 bits per heavy atom. The van der Waals surface area contributed by atoms with Crippen LogP contribution in [0.25, 0.3) is 22.6 Å². The highest BCUT2D eigenvalue weighted by Crippen LogP contribution is 2.36. The number of nitrogens with one attached hydrogen (secondary N) is 1. The zero-order valence-electron chi connectivity index (χ0n) is 18.6. The molecule has 1 saturated heterocycles. The third kappa shape index (κ3) is 4.42. The maximum atomic E-state index is 13.1.